The highest BCUT2D eigenvalue weighted by molar-refractivity contribution is 7.93. The molecule has 7 nitrogen and oxygen atoms in total. The van der Waals surface area contributed by atoms with Gasteiger partial charge in [-0.3, -0.25) is 4.79 Å². The Hall–Kier alpha value is -1.70. The third kappa shape index (κ3) is 2.70. The number of hydrogen-bond acceptors (Lipinski definition) is 6. The summed E-state index contributed by atoms with van der Waals surface area (Å²) in [5.41, 5.74) is 0.803. The monoisotopic (exact) mass is 365 g/mol. The average Bonchev–Trinajstić information content (AvgIpc) is 3.17. The molecule has 136 valence electrons. The molecule has 3 heterocycles. The third-order valence-electron chi connectivity index (χ3n) is 5.94. The van der Waals surface area contributed by atoms with Gasteiger partial charge in [-0.1, -0.05) is 6.92 Å². The molecule has 3 atom stereocenters. The summed E-state index contributed by atoms with van der Waals surface area (Å²) in [5.74, 6) is 0.681. The van der Waals surface area contributed by atoms with Crippen molar-refractivity contribution in [3.8, 4) is 6.01 Å². The number of carbonyl (C=O) groups is 1. The van der Waals surface area contributed by atoms with E-state index in [0.29, 0.717) is 25.4 Å². The smallest absolute Gasteiger partial charge is 0.316 e. The van der Waals surface area contributed by atoms with Crippen LogP contribution in [0, 0.1) is 24.7 Å². The quantitative estimate of drug-likeness (QED) is 0.785. The number of rotatable bonds is 4. The van der Waals surface area contributed by atoms with Gasteiger partial charge in [0.15, 0.2) is 9.84 Å². The normalized spacial score (nSPS) is 31.6. The molecule has 0 N–H and O–H groups in total. The number of carbonyl (C=O) groups excluding carboxylic acids is 1. The van der Waals surface area contributed by atoms with Crippen LogP contribution in [0.5, 0.6) is 6.01 Å². The minimum Gasteiger partial charge on any atom is -0.463 e. The maximum absolute atomic E-state index is 12.6. The van der Waals surface area contributed by atoms with Gasteiger partial charge in [0.2, 0.25) is 5.91 Å². The zero-order chi connectivity index (χ0) is 17.8. The van der Waals surface area contributed by atoms with Crippen molar-refractivity contribution >= 4 is 15.7 Å². The van der Waals surface area contributed by atoms with Gasteiger partial charge < -0.3 is 9.64 Å². The Labute approximate surface area is 147 Å². The third-order valence-corrected chi connectivity index (χ3v) is 8.54. The van der Waals surface area contributed by atoms with Gasteiger partial charge in [-0.05, 0) is 31.7 Å². The lowest BCUT2D eigenvalue weighted by molar-refractivity contribution is -0.139. The highest BCUT2D eigenvalue weighted by Crippen LogP contribution is 2.47. The molecule has 0 aromatic carbocycles. The van der Waals surface area contributed by atoms with Gasteiger partial charge in [-0.15, -0.1) is 0 Å². The molecule has 2 aliphatic heterocycles. The molecule has 2 saturated heterocycles. The van der Waals surface area contributed by atoms with Crippen molar-refractivity contribution in [3.63, 3.8) is 0 Å². The second-order valence-electron chi connectivity index (χ2n) is 7.67. The molecule has 1 aromatic rings. The van der Waals surface area contributed by atoms with Gasteiger partial charge >= 0.3 is 6.01 Å². The van der Waals surface area contributed by atoms with Crippen LogP contribution in [-0.2, 0) is 14.6 Å². The lowest BCUT2D eigenvalue weighted by Crippen LogP contribution is -2.69. The van der Waals surface area contributed by atoms with E-state index in [1.54, 1.807) is 17.2 Å². The summed E-state index contributed by atoms with van der Waals surface area (Å²) < 4.78 is 30.1. The summed E-state index contributed by atoms with van der Waals surface area (Å²) in [5, 5.41) is 0. The van der Waals surface area contributed by atoms with Crippen LogP contribution in [-0.4, -0.2) is 59.4 Å². The first-order chi connectivity index (χ1) is 11.8. The SMILES string of the molecule is Cc1ccnc(OC[C@@H]2CCS(=O)(=O)C23CN(C(=O)[C@@H]2C[C@@H]2C)C3)n1. The Kier molecular flexibility index (Phi) is 3.79. The zero-order valence-corrected chi connectivity index (χ0v) is 15.3. The number of hydrogen-bond donors (Lipinski definition) is 0. The summed E-state index contributed by atoms with van der Waals surface area (Å²) in [6, 6.07) is 2.06. The Bertz CT molecular complexity index is 804. The summed E-state index contributed by atoms with van der Waals surface area (Å²) >= 11 is 0. The van der Waals surface area contributed by atoms with Crippen LogP contribution in [0.2, 0.25) is 0 Å². The van der Waals surface area contributed by atoms with Crippen molar-refractivity contribution in [1.82, 2.24) is 14.9 Å². The number of aryl methyl sites for hydroxylation is 1. The fourth-order valence-electron chi connectivity index (χ4n) is 4.03. The molecular formula is C17H23N3O4S. The molecule has 1 saturated carbocycles. The molecule has 3 aliphatic rings. The van der Waals surface area contributed by atoms with Crippen molar-refractivity contribution in [3.05, 3.63) is 18.0 Å². The fourth-order valence-corrected chi connectivity index (χ4v) is 6.43. The predicted octanol–water partition coefficient (Wildman–Crippen LogP) is 0.836. The molecular weight excluding hydrogens is 342 g/mol. The molecule has 0 unspecified atom stereocenters. The van der Waals surface area contributed by atoms with Crippen molar-refractivity contribution in [2.45, 2.75) is 31.4 Å². The molecule has 0 radical (unpaired) electrons. The van der Waals surface area contributed by atoms with Crippen LogP contribution in [0.25, 0.3) is 0 Å². The van der Waals surface area contributed by atoms with Gasteiger partial charge in [-0.25, -0.2) is 18.4 Å². The first kappa shape index (κ1) is 16.8. The van der Waals surface area contributed by atoms with Crippen molar-refractivity contribution in [2.24, 2.45) is 17.8 Å². The summed E-state index contributed by atoms with van der Waals surface area (Å²) in [6.07, 6.45) is 3.11. The van der Waals surface area contributed by atoms with Gasteiger partial charge in [0, 0.05) is 36.8 Å². The number of sulfone groups is 1. The van der Waals surface area contributed by atoms with Crippen molar-refractivity contribution < 1.29 is 17.9 Å². The van der Waals surface area contributed by atoms with Crippen LogP contribution >= 0.6 is 0 Å². The van der Waals surface area contributed by atoms with Crippen LogP contribution in [0.3, 0.4) is 0 Å². The molecule has 1 amide bonds. The van der Waals surface area contributed by atoms with E-state index in [-0.39, 0.29) is 36.1 Å². The molecule has 1 aliphatic carbocycles. The van der Waals surface area contributed by atoms with E-state index < -0.39 is 14.6 Å². The molecule has 3 fully saturated rings. The van der Waals surface area contributed by atoms with Crippen LogP contribution < -0.4 is 4.74 Å². The molecule has 1 spiro atoms. The predicted molar refractivity (Wildman–Crippen MR) is 90.7 cm³/mol. The first-order valence-electron chi connectivity index (χ1n) is 8.76. The van der Waals surface area contributed by atoms with Gasteiger partial charge in [0.1, 0.15) is 4.75 Å². The molecule has 4 rings (SSSR count). The minimum absolute atomic E-state index is 0.0943. The Balaban J connectivity index is 1.44. The van der Waals surface area contributed by atoms with E-state index in [4.69, 9.17) is 4.74 Å². The van der Waals surface area contributed by atoms with E-state index >= 15 is 0 Å². The number of likely N-dealkylation sites (tertiary alicyclic amines) is 1. The van der Waals surface area contributed by atoms with Crippen molar-refractivity contribution in [1.29, 1.82) is 0 Å². The van der Waals surface area contributed by atoms with Crippen LogP contribution in [0.4, 0.5) is 0 Å². The maximum Gasteiger partial charge on any atom is 0.316 e. The second-order valence-corrected chi connectivity index (χ2v) is 10.1. The fraction of sp³-hybridized carbons (Fsp3) is 0.706. The Morgan fingerprint density at radius 3 is 2.80 bits per heavy atom. The standard InChI is InChI=1S/C17H23N3O4S/c1-11-7-14(11)15(21)20-9-17(10-20)13(4-6-25(17,22)23)8-24-16-18-5-3-12(2)19-16/h3,5,11,13-14H,4,6-10H2,1-2H3/t11-,13-,14+/m0/s1. The maximum atomic E-state index is 12.6. The van der Waals surface area contributed by atoms with E-state index in [2.05, 4.69) is 16.9 Å². The molecule has 0 bridgehead atoms. The number of nitrogens with zero attached hydrogens (tertiary/aromatic N) is 3. The summed E-state index contributed by atoms with van der Waals surface area (Å²) in [4.78, 5) is 22.3. The van der Waals surface area contributed by atoms with Gasteiger partial charge in [0.05, 0.1) is 12.4 Å². The van der Waals surface area contributed by atoms with Crippen LogP contribution in [0.15, 0.2) is 12.3 Å². The largest absolute Gasteiger partial charge is 0.463 e. The highest BCUT2D eigenvalue weighted by Gasteiger charge is 2.63. The van der Waals surface area contributed by atoms with E-state index in [0.717, 1.165) is 12.1 Å². The van der Waals surface area contributed by atoms with Gasteiger partial charge in [0.25, 0.3) is 0 Å². The number of amides is 1. The van der Waals surface area contributed by atoms with Gasteiger partial charge in [-0.2, -0.15) is 0 Å². The average molecular weight is 365 g/mol. The van der Waals surface area contributed by atoms with Crippen LogP contribution in [0.1, 0.15) is 25.5 Å². The van der Waals surface area contributed by atoms with E-state index in [1.165, 1.54) is 0 Å². The molecule has 25 heavy (non-hydrogen) atoms. The first-order valence-corrected chi connectivity index (χ1v) is 10.4. The second kappa shape index (κ2) is 5.65. The molecule has 8 heteroatoms. The van der Waals surface area contributed by atoms with E-state index in [9.17, 15) is 13.2 Å². The minimum atomic E-state index is -3.21. The number of ether oxygens (including phenoxy) is 1. The van der Waals surface area contributed by atoms with Crippen molar-refractivity contribution in [2.75, 3.05) is 25.4 Å². The Morgan fingerprint density at radius 1 is 1.44 bits per heavy atom. The topological polar surface area (TPSA) is 89.5 Å². The lowest BCUT2D eigenvalue weighted by Gasteiger charge is -2.49. The zero-order valence-electron chi connectivity index (χ0n) is 14.5. The van der Waals surface area contributed by atoms with E-state index in [1.807, 2.05) is 6.92 Å². The summed E-state index contributed by atoms with van der Waals surface area (Å²) in [6.45, 7) is 4.79. The number of aromatic nitrogens is 2. The highest BCUT2D eigenvalue weighted by atomic mass is 32.2. The summed E-state index contributed by atoms with van der Waals surface area (Å²) in [7, 11) is -3.21. The molecule has 1 aromatic heterocycles. The Morgan fingerprint density at radius 2 is 2.16 bits per heavy atom. The lowest BCUT2D eigenvalue weighted by atomic mass is 9.83.